The molecule has 25 heteroatoms. The number of hydrogen-bond acceptors (Lipinski definition) is 23. The molecule has 0 aromatic carbocycles. The van der Waals surface area contributed by atoms with Crippen molar-refractivity contribution in [3.63, 3.8) is 0 Å². The zero-order valence-electron chi connectivity index (χ0n) is 62.5. The van der Waals surface area contributed by atoms with Crippen LogP contribution in [0.5, 0.6) is 0 Å². The highest BCUT2D eigenvalue weighted by Crippen LogP contribution is 2.49. The molecular formula is C76H143O24P. The number of carbonyl (C=O) groups excluding carboxylic acids is 3. The second-order valence-corrected chi connectivity index (χ2v) is 30.6. The summed E-state index contributed by atoms with van der Waals surface area (Å²) in [4.78, 5) is 51.1. The van der Waals surface area contributed by atoms with Gasteiger partial charge in [-0.3, -0.25) is 23.4 Å². The van der Waals surface area contributed by atoms with Crippen molar-refractivity contribution in [2.45, 2.75) is 440 Å². The van der Waals surface area contributed by atoms with Gasteiger partial charge in [-0.1, -0.05) is 297 Å². The molecule has 101 heavy (non-hydrogen) atoms. The highest BCUT2D eigenvalue weighted by Gasteiger charge is 2.58. The number of phosphoric acid groups is 1. The predicted octanol–water partition coefficient (Wildman–Crippen LogP) is 12.1. The lowest BCUT2D eigenvalue weighted by atomic mass is 9.84. The highest BCUT2D eigenvalue weighted by atomic mass is 31.2. The fraction of sp³-hybridized carbons (Fsp3) is 0.961. The maximum Gasteiger partial charge on any atom is 0.472 e. The quantitative estimate of drug-likeness (QED) is 0.0117. The molecule has 0 radical (unpaired) electrons. The summed E-state index contributed by atoms with van der Waals surface area (Å²) in [6.45, 7) is 3.51. The van der Waals surface area contributed by atoms with Crippen molar-refractivity contribution in [1.82, 2.24) is 0 Å². The lowest BCUT2D eigenvalue weighted by molar-refractivity contribution is -0.360. The Morgan fingerprint density at radius 1 is 0.347 bits per heavy atom. The molecule has 1 aliphatic carbocycles. The molecule has 2 aliphatic heterocycles. The number of aliphatic hydroxyl groups is 10. The van der Waals surface area contributed by atoms with E-state index in [4.69, 9.17) is 42.2 Å². The van der Waals surface area contributed by atoms with Crippen LogP contribution in [-0.4, -0.2) is 204 Å². The van der Waals surface area contributed by atoms with Crippen molar-refractivity contribution in [3.05, 3.63) is 0 Å². The van der Waals surface area contributed by atoms with Gasteiger partial charge in [-0.15, -0.1) is 0 Å². The van der Waals surface area contributed by atoms with E-state index in [1.807, 2.05) is 0 Å². The Balaban J connectivity index is 1.71. The molecule has 596 valence electrons. The molecular weight excluding hydrogens is 1330 g/mol. The van der Waals surface area contributed by atoms with E-state index < -0.39 is 156 Å². The third-order valence-electron chi connectivity index (χ3n) is 20.1. The summed E-state index contributed by atoms with van der Waals surface area (Å²) < 4.78 is 65.2. The van der Waals surface area contributed by atoms with E-state index in [1.54, 1.807) is 0 Å². The van der Waals surface area contributed by atoms with Crippen LogP contribution in [0.2, 0.25) is 0 Å². The molecule has 3 rings (SSSR count). The first-order valence-electron chi connectivity index (χ1n) is 40.3. The Labute approximate surface area is 606 Å². The van der Waals surface area contributed by atoms with Gasteiger partial charge in [0.1, 0.15) is 98.7 Å². The fourth-order valence-electron chi connectivity index (χ4n) is 13.6. The van der Waals surface area contributed by atoms with E-state index in [0.717, 1.165) is 89.9 Å². The van der Waals surface area contributed by atoms with Crippen LogP contribution in [0.4, 0.5) is 0 Å². The lowest BCUT2D eigenvalue weighted by Gasteiger charge is -2.49. The molecule has 0 aromatic heterocycles. The zero-order valence-corrected chi connectivity index (χ0v) is 63.4. The summed E-state index contributed by atoms with van der Waals surface area (Å²) in [5.74, 6) is -1.97. The standard InChI is InChI=1S/C76H143O24P/c1-4-7-10-13-16-19-22-25-28-29-31-34-37-40-43-46-49-52-62(80)95-57(54-92-60(78)50-47-44-41-38-36-33-30-26-23-20-17-14-11-8-5-2)55-94-101(90,91)100-74-72(98-75-70(88)65(83)63(81)58(53-77)96-75)68(86)67(85)69(87)73(74)99-76-71(89)66(84)64(82)59(97-76)56-93-61(79)51-48-45-42-39-35-32-27-24-21-18-15-12-9-6-3/h57-59,63-77,81-89H,4-56H2,1-3H3,(H,90,91). The highest BCUT2D eigenvalue weighted by molar-refractivity contribution is 7.47. The van der Waals surface area contributed by atoms with E-state index in [9.17, 15) is 74.9 Å². The molecule has 3 fully saturated rings. The Kier molecular flexibility index (Phi) is 53.5. The van der Waals surface area contributed by atoms with Crippen molar-refractivity contribution in [2.75, 3.05) is 26.4 Å². The number of ether oxygens (including phenoxy) is 7. The first-order chi connectivity index (χ1) is 48.8. The van der Waals surface area contributed by atoms with Gasteiger partial charge in [-0.25, -0.2) is 4.57 Å². The number of phosphoric ester groups is 1. The third kappa shape index (κ3) is 40.7. The van der Waals surface area contributed by atoms with Gasteiger partial charge in [0.2, 0.25) is 0 Å². The van der Waals surface area contributed by atoms with Crippen molar-refractivity contribution >= 4 is 25.7 Å². The molecule has 2 saturated heterocycles. The van der Waals surface area contributed by atoms with Gasteiger partial charge < -0.3 is 89.1 Å². The Hall–Kier alpha value is -2.04. The van der Waals surface area contributed by atoms with E-state index in [2.05, 4.69) is 20.8 Å². The number of carbonyl (C=O) groups is 3. The molecule has 0 amide bonds. The summed E-state index contributed by atoms with van der Waals surface area (Å²) in [7, 11) is -5.69. The van der Waals surface area contributed by atoms with Gasteiger partial charge in [0.15, 0.2) is 18.7 Å². The molecule has 2 heterocycles. The summed E-state index contributed by atoms with van der Waals surface area (Å²) in [6.07, 6.45) is 17.1. The van der Waals surface area contributed by atoms with Crippen LogP contribution in [0.25, 0.3) is 0 Å². The molecule has 11 N–H and O–H groups in total. The normalized spacial score (nSPS) is 27.1. The first-order valence-corrected chi connectivity index (χ1v) is 41.8. The largest absolute Gasteiger partial charge is 0.472 e. The minimum atomic E-state index is -5.69. The van der Waals surface area contributed by atoms with Gasteiger partial charge in [0.05, 0.1) is 13.2 Å². The molecule has 18 unspecified atom stereocenters. The van der Waals surface area contributed by atoms with Crippen LogP contribution in [0.1, 0.15) is 335 Å². The fourth-order valence-corrected chi connectivity index (χ4v) is 14.5. The monoisotopic (exact) mass is 1470 g/mol. The van der Waals surface area contributed by atoms with Crippen LogP contribution in [0, 0.1) is 0 Å². The summed E-state index contributed by atoms with van der Waals surface area (Å²) in [5.41, 5.74) is 0. The second kappa shape index (κ2) is 58.0. The van der Waals surface area contributed by atoms with Gasteiger partial charge in [0, 0.05) is 19.3 Å². The van der Waals surface area contributed by atoms with Crippen LogP contribution in [-0.2, 0) is 61.2 Å². The van der Waals surface area contributed by atoms with Crippen molar-refractivity contribution in [1.29, 1.82) is 0 Å². The van der Waals surface area contributed by atoms with E-state index in [1.165, 1.54) is 186 Å². The van der Waals surface area contributed by atoms with E-state index in [-0.39, 0.29) is 19.3 Å². The van der Waals surface area contributed by atoms with Crippen LogP contribution < -0.4 is 0 Å². The molecule has 0 bridgehead atoms. The Bertz CT molecular complexity index is 2080. The Morgan fingerprint density at radius 2 is 0.634 bits per heavy atom. The topological polar surface area (TPSA) is 374 Å². The van der Waals surface area contributed by atoms with Crippen molar-refractivity contribution in [3.8, 4) is 0 Å². The van der Waals surface area contributed by atoms with Crippen molar-refractivity contribution < 1.29 is 117 Å². The smallest absolute Gasteiger partial charge is 0.463 e. The van der Waals surface area contributed by atoms with Crippen LogP contribution in [0.3, 0.4) is 0 Å². The molecule has 0 spiro atoms. The van der Waals surface area contributed by atoms with Gasteiger partial charge in [-0.05, 0) is 19.3 Å². The summed E-state index contributed by atoms with van der Waals surface area (Å²) in [5, 5.41) is 110. The predicted molar refractivity (Wildman–Crippen MR) is 384 cm³/mol. The van der Waals surface area contributed by atoms with Crippen molar-refractivity contribution in [2.24, 2.45) is 0 Å². The minimum absolute atomic E-state index is 0.0325. The summed E-state index contributed by atoms with van der Waals surface area (Å²) >= 11 is 0. The maximum absolute atomic E-state index is 14.4. The first kappa shape index (κ1) is 93.2. The third-order valence-corrected chi connectivity index (χ3v) is 21.1. The number of rotatable bonds is 64. The van der Waals surface area contributed by atoms with E-state index in [0.29, 0.717) is 19.3 Å². The molecule has 18 atom stereocenters. The zero-order chi connectivity index (χ0) is 73.9. The molecule has 24 nitrogen and oxygen atoms in total. The van der Waals surface area contributed by atoms with Crippen LogP contribution >= 0.6 is 7.82 Å². The van der Waals surface area contributed by atoms with E-state index >= 15 is 0 Å². The number of aliphatic hydroxyl groups excluding tert-OH is 10. The minimum Gasteiger partial charge on any atom is -0.463 e. The molecule has 1 saturated carbocycles. The summed E-state index contributed by atoms with van der Waals surface area (Å²) in [6, 6.07) is 0. The molecule has 0 aromatic rings. The van der Waals surface area contributed by atoms with Crippen LogP contribution in [0.15, 0.2) is 0 Å². The molecule has 3 aliphatic rings. The van der Waals surface area contributed by atoms with Gasteiger partial charge >= 0.3 is 25.7 Å². The van der Waals surface area contributed by atoms with Gasteiger partial charge in [-0.2, -0.15) is 0 Å². The maximum atomic E-state index is 14.4. The average molecular weight is 1470 g/mol. The lowest BCUT2D eigenvalue weighted by Crippen LogP contribution is -2.69. The Morgan fingerprint density at radius 3 is 0.970 bits per heavy atom. The average Bonchev–Trinajstić information content (AvgIpc) is 0.762. The SMILES string of the molecule is CCCCCCCCCCCCCCCCCCCC(=O)OC(COC(=O)CCCCCCCCCCCCCCCCC)COP(=O)(O)OC1C(OC2OC(CO)C(O)C(O)C2O)C(O)C(O)C(O)C1OC1OC(COC(=O)CCCCCCCCCCCCCCCC)C(O)C(O)C1O. The number of hydrogen-bond donors (Lipinski definition) is 11. The number of unbranched alkanes of at least 4 members (excludes halogenated alkanes) is 43. The number of esters is 3. The second-order valence-electron chi connectivity index (χ2n) is 29.2. The van der Waals surface area contributed by atoms with Gasteiger partial charge in [0.25, 0.3) is 0 Å².